The molecule has 3 rings (SSSR count). The number of piperidine rings is 1. The van der Waals surface area contributed by atoms with E-state index >= 15 is 0 Å². The fraction of sp³-hybridized carbons (Fsp3) is 0.688. The molecule has 0 bridgehead atoms. The van der Waals surface area contributed by atoms with E-state index in [-0.39, 0.29) is 0 Å². The van der Waals surface area contributed by atoms with E-state index in [0.717, 1.165) is 51.3 Å². The van der Waals surface area contributed by atoms with E-state index < -0.39 is 0 Å². The lowest BCUT2D eigenvalue weighted by molar-refractivity contribution is -0.130. The number of likely N-dealkylation sites (tertiary alicyclic amines) is 1. The SMILES string of the molecule is CC(C)c1cnc(N2CCC(N3CCCC3=O)CC2)nc1. The van der Waals surface area contributed by atoms with Crippen molar-refractivity contribution in [1.29, 1.82) is 0 Å². The summed E-state index contributed by atoms with van der Waals surface area (Å²) in [4.78, 5) is 25.1. The first-order valence-corrected chi connectivity index (χ1v) is 8.01. The average Bonchev–Trinajstić information content (AvgIpc) is 2.94. The topological polar surface area (TPSA) is 49.3 Å². The molecule has 2 saturated heterocycles. The Hall–Kier alpha value is -1.65. The molecule has 5 nitrogen and oxygen atoms in total. The van der Waals surface area contributed by atoms with E-state index in [4.69, 9.17) is 0 Å². The Morgan fingerprint density at radius 3 is 2.33 bits per heavy atom. The van der Waals surface area contributed by atoms with E-state index in [1.807, 2.05) is 12.4 Å². The van der Waals surface area contributed by atoms with Crippen LogP contribution in [0.3, 0.4) is 0 Å². The van der Waals surface area contributed by atoms with Crippen LogP contribution in [0.15, 0.2) is 12.4 Å². The van der Waals surface area contributed by atoms with E-state index in [1.165, 1.54) is 5.56 Å². The molecule has 1 aromatic heterocycles. The minimum Gasteiger partial charge on any atom is -0.341 e. The fourth-order valence-corrected chi connectivity index (χ4v) is 3.23. The van der Waals surface area contributed by atoms with Gasteiger partial charge in [-0.2, -0.15) is 0 Å². The second-order valence-electron chi connectivity index (χ2n) is 6.38. The van der Waals surface area contributed by atoms with Crippen molar-refractivity contribution in [3.63, 3.8) is 0 Å². The van der Waals surface area contributed by atoms with Gasteiger partial charge in [0.15, 0.2) is 0 Å². The van der Waals surface area contributed by atoms with Crippen molar-refractivity contribution in [2.24, 2.45) is 0 Å². The van der Waals surface area contributed by atoms with Gasteiger partial charge in [-0.25, -0.2) is 9.97 Å². The van der Waals surface area contributed by atoms with Gasteiger partial charge in [0.2, 0.25) is 11.9 Å². The van der Waals surface area contributed by atoms with Crippen LogP contribution in [0, 0.1) is 0 Å². The molecular formula is C16H24N4O. The van der Waals surface area contributed by atoms with E-state index in [0.29, 0.717) is 17.9 Å². The predicted octanol–water partition coefficient (Wildman–Crippen LogP) is 2.19. The summed E-state index contributed by atoms with van der Waals surface area (Å²) in [6.07, 6.45) is 7.69. The molecule has 0 aromatic carbocycles. The van der Waals surface area contributed by atoms with Crippen molar-refractivity contribution >= 4 is 11.9 Å². The third kappa shape index (κ3) is 3.01. The lowest BCUT2D eigenvalue weighted by atomic mass is 10.0. The van der Waals surface area contributed by atoms with Gasteiger partial charge in [-0.05, 0) is 30.7 Å². The van der Waals surface area contributed by atoms with Crippen LogP contribution in [0.4, 0.5) is 5.95 Å². The molecule has 0 aliphatic carbocycles. The molecule has 0 radical (unpaired) electrons. The van der Waals surface area contributed by atoms with Crippen molar-refractivity contribution in [2.45, 2.75) is 51.5 Å². The number of aromatic nitrogens is 2. The molecule has 0 unspecified atom stereocenters. The number of rotatable bonds is 3. The summed E-state index contributed by atoms with van der Waals surface area (Å²) >= 11 is 0. The maximum absolute atomic E-state index is 11.8. The molecule has 5 heteroatoms. The van der Waals surface area contributed by atoms with Crippen LogP contribution >= 0.6 is 0 Å². The van der Waals surface area contributed by atoms with Crippen molar-refractivity contribution in [1.82, 2.24) is 14.9 Å². The highest BCUT2D eigenvalue weighted by atomic mass is 16.2. The molecule has 1 amide bonds. The summed E-state index contributed by atoms with van der Waals surface area (Å²) in [5, 5.41) is 0. The Bertz CT molecular complexity index is 492. The highest BCUT2D eigenvalue weighted by molar-refractivity contribution is 5.78. The zero-order valence-electron chi connectivity index (χ0n) is 13.0. The molecule has 0 spiro atoms. The van der Waals surface area contributed by atoms with Crippen molar-refractivity contribution in [2.75, 3.05) is 24.5 Å². The average molecular weight is 288 g/mol. The number of carbonyl (C=O) groups is 1. The lowest BCUT2D eigenvalue weighted by Gasteiger charge is -2.36. The third-order valence-electron chi connectivity index (χ3n) is 4.62. The summed E-state index contributed by atoms with van der Waals surface area (Å²) < 4.78 is 0. The molecule has 114 valence electrons. The summed E-state index contributed by atoms with van der Waals surface area (Å²) in [6, 6.07) is 0.422. The highest BCUT2D eigenvalue weighted by Crippen LogP contribution is 2.24. The first kappa shape index (κ1) is 14.3. The van der Waals surface area contributed by atoms with Gasteiger partial charge in [-0.15, -0.1) is 0 Å². The maximum Gasteiger partial charge on any atom is 0.225 e. The number of hydrogen-bond acceptors (Lipinski definition) is 4. The number of hydrogen-bond donors (Lipinski definition) is 0. The van der Waals surface area contributed by atoms with Crippen LogP contribution in [0.1, 0.15) is 51.0 Å². The Kier molecular flexibility index (Phi) is 4.08. The van der Waals surface area contributed by atoms with Crippen molar-refractivity contribution in [3.8, 4) is 0 Å². The van der Waals surface area contributed by atoms with Crippen LogP contribution in [-0.2, 0) is 4.79 Å². The van der Waals surface area contributed by atoms with Gasteiger partial charge in [0.1, 0.15) is 0 Å². The van der Waals surface area contributed by atoms with Crippen molar-refractivity contribution in [3.05, 3.63) is 18.0 Å². The number of anilines is 1. The van der Waals surface area contributed by atoms with E-state index in [9.17, 15) is 4.79 Å². The second kappa shape index (κ2) is 6.00. The van der Waals surface area contributed by atoms with Gasteiger partial charge in [0, 0.05) is 44.5 Å². The van der Waals surface area contributed by atoms with Gasteiger partial charge in [0.05, 0.1) is 0 Å². The molecule has 2 fully saturated rings. The van der Waals surface area contributed by atoms with Crippen LogP contribution in [0.5, 0.6) is 0 Å². The van der Waals surface area contributed by atoms with E-state index in [1.54, 1.807) is 0 Å². The van der Waals surface area contributed by atoms with Crippen LogP contribution < -0.4 is 4.90 Å². The minimum atomic E-state index is 0.339. The molecule has 2 aliphatic rings. The minimum absolute atomic E-state index is 0.339. The lowest BCUT2D eigenvalue weighted by Crippen LogP contribution is -2.45. The Balaban J connectivity index is 1.59. The maximum atomic E-state index is 11.8. The number of amides is 1. The van der Waals surface area contributed by atoms with Gasteiger partial charge in [0.25, 0.3) is 0 Å². The molecule has 3 heterocycles. The summed E-state index contributed by atoms with van der Waals surface area (Å²) in [6.45, 7) is 7.13. The molecule has 0 N–H and O–H groups in total. The zero-order chi connectivity index (χ0) is 14.8. The first-order valence-electron chi connectivity index (χ1n) is 8.01. The Labute approximate surface area is 126 Å². The van der Waals surface area contributed by atoms with Gasteiger partial charge in [-0.3, -0.25) is 4.79 Å². The van der Waals surface area contributed by atoms with E-state index in [2.05, 4.69) is 33.6 Å². The smallest absolute Gasteiger partial charge is 0.225 e. The Morgan fingerprint density at radius 1 is 1.14 bits per heavy atom. The van der Waals surface area contributed by atoms with Gasteiger partial charge < -0.3 is 9.80 Å². The van der Waals surface area contributed by atoms with Crippen LogP contribution in [0.25, 0.3) is 0 Å². The van der Waals surface area contributed by atoms with Gasteiger partial charge in [-0.1, -0.05) is 13.8 Å². The monoisotopic (exact) mass is 288 g/mol. The molecule has 0 saturated carbocycles. The largest absolute Gasteiger partial charge is 0.341 e. The van der Waals surface area contributed by atoms with Crippen LogP contribution in [0.2, 0.25) is 0 Å². The van der Waals surface area contributed by atoms with Crippen molar-refractivity contribution < 1.29 is 4.79 Å². The molecule has 1 aromatic rings. The second-order valence-corrected chi connectivity index (χ2v) is 6.38. The summed E-state index contributed by atoms with van der Waals surface area (Å²) in [7, 11) is 0. The number of nitrogens with zero attached hydrogens (tertiary/aromatic N) is 4. The normalized spacial score (nSPS) is 20.6. The zero-order valence-corrected chi connectivity index (χ0v) is 13.0. The van der Waals surface area contributed by atoms with Gasteiger partial charge >= 0.3 is 0 Å². The molecule has 2 aliphatic heterocycles. The van der Waals surface area contributed by atoms with Crippen LogP contribution in [-0.4, -0.2) is 46.5 Å². The molecule has 21 heavy (non-hydrogen) atoms. The summed E-state index contributed by atoms with van der Waals surface area (Å²) in [5.74, 6) is 1.63. The third-order valence-corrected chi connectivity index (χ3v) is 4.62. The predicted molar refractivity (Wildman–Crippen MR) is 82.3 cm³/mol. The number of carbonyl (C=O) groups excluding carboxylic acids is 1. The molecular weight excluding hydrogens is 264 g/mol. The quantitative estimate of drug-likeness (QED) is 0.855. The summed E-state index contributed by atoms with van der Waals surface area (Å²) in [5.41, 5.74) is 1.18. The Morgan fingerprint density at radius 2 is 1.81 bits per heavy atom. The first-order chi connectivity index (χ1) is 10.1. The highest BCUT2D eigenvalue weighted by Gasteiger charge is 2.31. The fourth-order valence-electron chi connectivity index (χ4n) is 3.23. The standard InChI is InChI=1S/C16H24N4O/c1-12(2)13-10-17-16(18-11-13)19-8-5-14(6-9-19)20-7-3-4-15(20)21/h10-12,14H,3-9H2,1-2H3. The molecule has 0 atom stereocenters.